The highest BCUT2D eigenvalue weighted by molar-refractivity contribution is 5.68. The summed E-state index contributed by atoms with van der Waals surface area (Å²) < 4.78 is 5.42. The summed E-state index contributed by atoms with van der Waals surface area (Å²) in [5.74, 6) is 0. The number of hydrogen-bond acceptors (Lipinski definition) is 4. The highest BCUT2D eigenvalue weighted by Gasteiger charge is 2.23. The number of benzene rings is 1. The molecule has 2 atom stereocenters. The lowest BCUT2D eigenvalue weighted by atomic mass is 10.1. The third kappa shape index (κ3) is 8.36. The minimum atomic E-state index is -0.591. The Morgan fingerprint density at radius 1 is 1.24 bits per heavy atom. The summed E-state index contributed by atoms with van der Waals surface area (Å²) in [4.78, 5) is 13.8. The first-order valence-electron chi connectivity index (χ1n) is 9.10. The van der Waals surface area contributed by atoms with Crippen LogP contribution in [0.25, 0.3) is 0 Å². The Balaban J connectivity index is 2.56. The fourth-order valence-electron chi connectivity index (χ4n) is 2.48. The number of carbonyl (C=O) groups is 1. The molecule has 0 aliphatic rings. The van der Waals surface area contributed by atoms with Crippen LogP contribution in [-0.2, 0) is 11.2 Å². The van der Waals surface area contributed by atoms with Crippen LogP contribution in [0.4, 0.5) is 4.79 Å². The Morgan fingerprint density at radius 2 is 1.84 bits per heavy atom. The summed E-state index contributed by atoms with van der Waals surface area (Å²) >= 11 is 0. The third-order valence-corrected chi connectivity index (χ3v) is 3.86. The van der Waals surface area contributed by atoms with E-state index in [1.165, 1.54) is 11.1 Å². The summed E-state index contributed by atoms with van der Waals surface area (Å²) in [6.07, 6.45) is 0.0495. The van der Waals surface area contributed by atoms with Crippen molar-refractivity contribution < 1.29 is 14.6 Å². The molecule has 0 spiro atoms. The maximum Gasteiger partial charge on any atom is 0.410 e. The minimum Gasteiger partial charge on any atom is -0.444 e. The van der Waals surface area contributed by atoms with Gasteiger partial charge in [-0.05, 0) is 52.2 Å². The van der Waals surface area contributed by atoms with Gasteiger partial charge in [-0.15, -0.1) is 0 Å². The van der Waals surface area contributed by atoms with Crippen molar-refractivity contribution in [1.29, 1.82) is 0 Å². The lowest BCUT2D eigenvalue weighted by molar-refractivity contribution is 0.0163. The fraction of sp³-hybridized carbons (Fsp3) is 0.650. The van der Waals surface area contributed by atoms with Gasteiger partial charge in [0, 0.05) is 25.7 Å². The Hall–Kier alpha value is -1.59. The molecule has 0 fully saturated rings. The zero-order valence-corrected chi connectivity index (χ0v) is 16.5. The van der Waals surface area contributed by atoms with Crippen LogP contribution < -0.4 is 5.32 Å². The van der Waals surface area contributed by atoms with E-state index in [0.717, 1.165) is 6.42 Å². The van der Waals surface area contributed by atoms with E-state index in [1.807, 2.05) is 20.8 Å². The highest BCUT2D eigenvalue weighted by atomic mass is 16.6. The van der Waals surface area contributed by atoms with E-state index in [2.05, 4.69) is 43.4 Å². The monoisotopic (exact) mass is 350 g/mol. The van der Waals surface area contributed by atoms with Crippen molar-refractivity contribution >= 4 is 6.09 Å². The van der Waals surface area contributed by atoms with Gasteiger partial charge in [0.2, 0.25) is 0 Å². The molecule has 1 aromatic rings. The molecule has 1 rings (SSSR count). The molecule has 1 amide bonds. The van der Waals surface area contributed by atoms with Crippen LogP contribution in [0.2, 0.25) is 0 Å². The lowest BCUT2D eigenvalue weighted by Gasteiger charge is -2.28. The fourth-order valence-corrected chi connectivity index (χ4v) is 2.48. The second-order valence-electron chi connectivity index (χ2n) is 7.55. The van der Waals surface area contributed by atoms with Gasteiger partial charge in [-0.3, -0.25) is 0 Å². The number of nitrogens with zero attached hydrogens (tertiary/aromatic N) is 1. The Kier molecular flexibility index (Phi) is 8.39. The van der Waals surface area contributed by atoms with Gasteiger partial charge < -0.3 is 20.1 Å². The molecule has 1 aromatic carbocycles. The first kappa shape index (κ1) is 21.5. The molecule has 0 aliphatic heterocycles. The number of carbonyl (C=O) groups excluding carboxylic acids is 1. The predicted octanol–water partition coefficient (Wildman–Crippen LogP) is 3.52. The first-order chi connectivity index (χ1) is 11.6. The van der Waals surface area contributed by atoms with Gasteiger partial charge >= 0.3 is 6.09 Å². The standard InChI is InChI=1S/C20H34N2O3/c1-7-17-8-10-18(11-9-17)16(3)21-12-13-22(14-15(2)23)19(24)25-20(4,5)6/h8-11,15-16,21,23H,7,12-14H2,1-6H3. The normalized spacial score (nSPS) is 14.0. The Morgan fingerprint density at radius 3 is 2.32 bits per heavy atom. The van der Waals surface area contributed by atoms with Gasteiger partial charge in [-0.2, -0.15) is 0 Å². The SMILES string of the molecule is CCc1ccc(C(C)NCCN(CC(C)O)C(=O)OC(C)(C)C)cc1. The zero-order chi connectivity index (χ0) is 19.0. The van der Waals surface area contributed by atoms with Gasteiger partial charge in [-0.25, -0.2) is 4.79 Å². The molecule has 0 saturated heterocycles. The summed E-state index contributed by atoms with van der Waals surface area (Å²) in [5.41, 5.74) is 2.00. The minimum absolute atomic E-state index is 0.193. The van der Waals surface area contributed by atoms with Crippen LogP contribution in [0.5, 0.6) is 0 Å². The van der Waals surface area contributed by atoms with E-state index in [-0.39, 0.29) is 12.6 Å². The van der Waals surface area contributed by atoms with Gasteiger partial charge in [-0.1, -0.05) is 31.2 Å². The first-order valence-corrected chi connectivity index (χ1v) is 9.10. The number of ether oxygens (including phenoxy) is 1. The number of aliphatic hydroxyl groups is 1. The number of rotatable bonds is 8. The third-order valence-electron chi connectivity index (χ3n) is 3.86. The molecular weight excluding hydrogens is 316 g/mol. The second-order valence-corrected chi connectivity index (χ2v) is 7.55. The van der Waals surface area contributed by atoms with Crippen LogP contribution >= 0.6 is 0 Å². The van der Waals surface area contributed by atoms with Crippen LogP contribution in [0.1, 0.15) is 58.7 Å². The van der Waals surface area contributed by atoms with Crippen LogP contribution in [0.15, 0.2) is 24.3 Å². The van der Waals surface area contributed by atoms with Crippen LogP contribution in [0, 0.1) is 0 Å². The number of hydrogen-bond donors (Lipinski definition) is 2. The summed E-state index contributed by atoms with van der Waals surface area (Å²) in [6.45, 7) is 12.8. The molecule has 142 valence electrons. The number of amides is 1. The Labute approximate surface area is 152 Å². The molecule has 0 aromatic heterocycles. The van der Waals surface area contributed by atoms with Gasteiger partial charge in [0.05, 0.1) is 6.10 Å². The van der Waals surface area contributed by atoms with Crippen molar-refractivity contribution in [2.75, 3.05) is 19.6 Å². The quantitative estimate of drug-likeness (QED) is 0.753. The van der Waals surface area contributed by atoms with E-state index >= 15 is 0 Å². The molecule has 2 N–H and O–H groups in total. The molecule has 5 nitrogen and oxygen atoms in total. The van der Waals surface area contributed by atoms with Crippen molar-refractivity contribution in [1.82, 2.24) is 10.2 Å². The number of aryl methyl sites for hydroxylation is 1. The predicted molar refractivity (Wildman–Crippen MR) is 102 cm³/mol. The van der Waals surface area contributed by atoms with Crippen molar-refractivity contribution in [3.8, 4) is 0 Å². The topological polar surface area (TPSA) is 61.8 Å². The summed E-state index contributed by atoms with van der Waals surface area (Å²) in [5, 5.41) is 13.1. The smallest absolute Gasteiger partial charge is 0.410 e. The van der Waals surface area contributed by atoms with Crippen molar-refractivity contribution in [2.45, 2.75) is 65.7 Å². The lowest BCUT2D eigenvalue weighted by Crippen LogP contribution is -2.43. The van der Waals surface area contributed by atoms with Crippen molar-refractivity contribution in [3.63, 3.8) is 0 Å². The van der Waals surface area contributed by atoms with Crippen LogP contribution in [0.3, 0.4) is 0 Å². The maximum atomic E-state index is 12.3. The maximum absolute atomic E-state index is 12.3. The number of nitrogens with one attached hydrogen (secondary N) is 1. The largest absolute Gasteiger partial charge is 0.444 e. The molecule has 2 unspecified atom stereocenters. The molecule has 25 heavy (non-hydrogen) atoms. The molecule has 0 heterocycles. The van der Waals surface area contributed by atoms with Crippen LogP contribution in [-0.4, -0.2) is 47.4 Å². The van der Waals surface area contributed by atoms with Crippen molar-refractivity contribution in [2.24, 2.45) is 0 Å². The molecule has 0 bridgehead atoms. The molecule has 5 heteroatoms. The summed E-state index contributed by atoms with van der Waals surface area (Å²) in [7, 11) is 0. The second kappa shape index (κ2) is 9.78. The molecule has 0 saturated carbocycles. The molecule has 0 aliphatic carbocycles. The highest BCUT2D eigenvalue weighted by Crippen LogP contribution is 2.14. The van der Waals surface area contributed by atoms with E-state index < -0.39 is 17.8 Å². The number of aliphatic hydroxyl groups excluding tert-OH is 1. The van der Waals surface area contributed by atoms with Crippen molar-refractivity contribution in [3.05, 3.63) is 35.4 Å². The zero-order valence-electron chi connectivity index (χ0n) is 16.5. The average Bonchev–Trinajstić information content (AvgIpc) is 2.51. The molecular formula is C20H34N2O3. The van der Waals surface area contributed by atoms with Gasteiger partial charge in [0.1, 0.15) is 5.60 Å². The van der Waals surface area contributed by atoms with E-state index in [4.69, 9.17) is 4.74 Å². The summed E-state index contributed by atoms with van der Waals surface area (Å²) in [6, 6.07) is 8.76. The van der Waals surface area contributed by atoms with E-state index in [0.29, 0.717) is 13.1 Å². The molecule has 0 radical (unpaired) electrons. The van der Waals surface area contributed by atoms with E-state index in [9.17, 15) is 9.90 Å². The van der Waals surface area contributed by atoms with E-state index in [1.54, 1.807) is 11.8 Å². The Bertz CT molecular complexity index is 521. The van der Waals surface area contributed by atoms with Gasteiger partial charge in [0.15, 0.2) is 0 Å². The average molecular weight is 351 g/mol. The van der Waals surface area contributed by atoms with Gasteiger partial charge in [0.25, 0.3) is 0 Å².